The molecule has 2 N–H and O–H groups in total. The van der Waals surface area contributed by atoms with Crippen molar-refractivity contribution in [3.63, 3.8) is 0 Å². The predicted molar refractivity (Wildman–Crippen MR) is 82.6 cm³/mol. The van der Waals surface area contributed by atoms with Crippen LogP contribution in [0.5, 0.6) is 11.6 Å². The normalized spacial score (nSPS) is 10.9. The minimum atomic E-state index is 0.161. The molecular formula is C16H23N3O2. The molecule has 0 saturated carbocycles. The molecule has 0 fully saturated rings. The first kappa shape index (κ1) is 15.5. The summed E-state index contributed by atoms with van der Waals surface area (Å²) >= 11 is 0. The van der Waals surface area contributed by atoms with Gasteiger partial charge in [0.15, 0.2) is 0 Å². The van der Waals surface area contributed by atoms with Crippen LogP contribution in [0.15, 0.2) is 24.3 Å². The van der Waals surface area contributed by atoms with Crippen molar-refractivity contribution >= 4 is 0 Å². The van der Waals surface area contributed by atoms with Crippen LogP contribution in [-0.4, -0.2) is 28.0 Å². The first-order valence-electron chi connectivity index (χ1n) is 7.26. The fraction of sp³-hybridized carbons (Fsp3) is 0.438. The molecule has 0 bridgehead atoms. The van der Waals surface area contributed by atoms with E-state index in [-0.39, 0.29) is 6.61 Å². The topological polar surface area (TPSA) is 59.3 Å². The monoisotopic (exact) mass is 289 g/mol. The number of aryl methyl sites for hydroxylation is 2. The van der Waals surface area contributed by atoms with Gasteiger partial charge in [0.25, 0.3) is 0 Å². The van der Waals surface area contributed by atoms with Crippen LogP contribution in [0.1, 0.15) is 23.7 Å². The van der Waals surface area contributed by atoms with E-state index in [1.54, 1.807) is 4.68 Å². The SMILES string of the molecule is CCNCc1c(C)nn(C)c1Oc1ccc(CCO)cc1. The lowest BCUT2D eigenvalue weighted by Gasteiger charge is -2.10. The molecule has 0 aliphatic carbocycles. The lowest BCUT2D eigenvalue weighted by Crippen LogP contribution is -2.12. The molecule has 5 heteroatoms. The molecule has 0 radical (unpaired) electrons. The molecule has 0 aliphatic heterocycles. The number of hydrogen-bond donors (Lipinski definition) is 2. The standard InChI is InChI=1S/C16H23N3O2/c1-4-17-11-15-12(2)18-19(3)16(15)21-14-7-5-13(6-8-14)9-10-20/h5-8,17,20H,4,9-11H2,1-3H3. The minimum absolute atomic E-state index is 0.161. The van der Waals surface area contributed by atoms with Gasteiger partial charge in [-0.1, -0.05) is 19.1 Å². The smallest absolute Gasteiger partial charge is 0.222 e. The maximum Gasteiger partial charge on any atom is 0.222 e. The summed E-state index contributed by atoms with van der Waals surface area (Å²) in [7, 11) is 1.89. The Bertz CT molecular complexity index is 576. The van der Waals surface area contributed by atoms with E-state index in [1.807, 2.05) is 38.2 Å². The highest BCUT2D eigenvalue weighted by molar-refractivity contribution is 5.36. The molecule has 0 saturated heterocycles. The average molecular weight is 289 g/mol. The number of rotatable bonds is 7. The quantitative estimate of drug-likeness (QED) is 0.820. The van der Waals surface area contributed by atoms with E-state index >= 15 is 0 Å². The van der Waals surface area contributed by atoms with Crippen LogP contribution in [-0.2, 0) is 20.0 Å². The number of aromatic nitrogens is 2. The van der Waals surface area contributed by atoms with Gasteiger partial charge in [-0.15, -0.1) is 0 Å². The minimum Gasteiger partial charge on any atom is -0.439 e. The first-order chi connectivity index (χ1) is 10.2. The van der Waals surface area contributed by atoms with Crippen molar-refractivity contribution in [2.45, 2.75) is 26.8 Å². The zero-order chi connectivity index (χ0) is 15.2. The van der Waals surface area contributed by atoms with Gasteiger partial charge < -0.3 is 15.2 Å². The van der Waals surface area contributed by atoms with Crippen LogP contribution < -0.4 is 10.1 Å². The van der Waals surface area contributed by atoms with E-state index in [2.05, 4.69) is 17.3 Å². The molecule has 1 heterocycles. The van der Waals surface area contributed by atoms with Gasteiger partial charge in [0, 0.05) is 20.2 Å². The van der Waals surface area contributed by atoms with Crippen molar-refractivity contribution in [1.29, 1.82) is 0 Å². The van der Waals surface area contributed by atoms with Crippen LogP contribution in [0.2, 0.25) is 0 Å². The Morgan fingerprint density at radius 2 is 2.00 bits per heavy atom. The molecule has 2 aromatic rings. The summed E-state index contributed by atoms with van der Waals surface area (Å²) in [6, 6.07) is 7.78. The third-order valence-electron chi connectivity index (χ3n) is 3.38. The van der Waals surface area contributed by atoms with Gasteiger partial charge in [-0.3, -0.25) is 0 Å². The zero-order valence-electron chi connectivity index (χ0n) is 12.9. The van der Waals surface area contributed by atoms with E-state index in [0.29, 0.717) is 6.42 Å². The van der Waals surface area contributed by atoms with Gasteiger partial charge in [-0.05, 0) is 37.6 Å². The Kier molecular flexibility index (Phi) is 5.36. The fourth-order valence-corrected chi connectivity index (χ4v) is 2.23. The molecule has 0 aliphatic rings. The Labute approximate surface area is 125 Å². The van der Waals surface area contributed by atoms with Crippen LogP contribution in [0.3, 0.4) is 0 Å². The zero-order valence-corrected chi connectivity index (χ0v) is 12.9. The molecule has 114 valence electrons. The molecule has 5 nitrogen and oxygen atoms in total. The van der Waals surface area contributed by atoms with Crippen LogP contribution >= 0.6 is 0 Å². The van der Waals surface area contributed by atoms with Crippen LogP contribution in [0.25, 0.3) is 0 Å². The summed E-state index contributed by atoms with van der Waals surface area (Å²) in [4.78, 5) is 0. The Hall–Kier alpha value is -1.85. The maximum absolute atomic E-state index is 8.93. The third kappa shape index (κ3) is 3.83. The second kappa shape index (κ2) is 7.24. The third-order valence-corrected chi connectivity index (χ3v) is 3.38. The number of nitrogens with zero attached hydrogens (tertiary/aromatic N) is 2. The lowest BCUT2D eigenvalue weighted by molar-refractivity contribution is 0.299. The number of ether oxygens (including phenoxy) is 1. The molecule has 0 amide bonds. The van der Waals surface area contributed by atoms with Gasteiger partial charge in [-0.25, -0.2) is 4.68 Å². The van der Waals surface area contributed by atoms with Gasteiger partial charge in [0.2, 0.25) is 5.88 Å². The molecule has 1 aromatic heterocycles. The molecular weight excluding hydrogens is 266 g/mol. The summed E-state index contributed by atoms with van der Waals surface area (Å²) in [6.45, 7) is 5.88. The Morgan fingerprint density at radius 3 is 2.62 bits per heavy atom. The highest BCUT2D eigenvalue weighted by Gasteiger charge is 2.14. The molecule has 0 spiro atoms. The number of hydrogen-bond acceptors (Lipinski definition) is 4. The van der Waals surface area contributed by atoms with E-state index in [1.165, 1.54) is 0 Å². The highest BCUT2D eigenvalue weighted by atomic mass is 16.5. The predicted octanol–water partition coefficient (Wildman–Crippen LogP) is 2.17. The Morgan fingerprint density at radius 1 is 1.29 bits per heavy atom. The van der Waals surface area contributed by atoms with Gasteiger partial charge in [-0.2, -0.15) is 5.10 Å². The summed E-state index contributed by atoms with van der Waals surface area (Å²) < 4.78 is 7.76. The molecule has 21 heavy (non-hydrogen) atoms. The van der Waals surface area contributed by atoms with Gasteiger partial charge in [0.05, 0.1) is 11.3 Å². The summed E-state index contributed by atoms with van der Waals surface area (Å²) in [5, 5.41) is 16.7. The largest absolute Gasteiger partial charge is 0.439 e. The fourth-order valence-electron chi connectivity index (χ4n) is 2.23. The summed E-state index contributed by atoms with van der Waals surface area (Å²) in [5.41, 5.74) is 3.16. The average Bonchev–Trinajstić information content (AvgIpc) is 2.73. The van der Waals surface area contributed by atoms with E-state index in [0.717, 1.165) is 41.5 Å². The summed E-state index contributed by atoms with van der Waals surface area (Å²) in [6.07, 6.45) is 0.663. The van der Waals surface area contributed by atoms with Crippen LogP contribution in [0, 0.1) is 6.92 Å². The molecule has 2 rings (SSSR count). The molecule has 0 unspecified atom stereocenters. The van der Waals surface area contributed by atoms with Crippen molar-refractivity contribution in [2.24, 2.45) is 7.05 Å². The maximum atomic E-state index is 8.93. The van der Waals surface area contributed by atoms with Crippen molar-refractivity contribution in [1.82, 2.24) is 15.1 Å². The number of nitrogens with one attached hydrogen (secondary N) is 1. The van der Waals surface area contributed by atoms with Crippen molar-refractivity contribution in [3.05, 3.63) is 41.1 Å². The van der Waals surface area contributed by atoms with Crippen molar-refractivity contribution in [3.8, 4) is 11.6 Å². The number of benzene rings is 1. The van der Waals surface area contributed by atoms with E-state index in [4.69, 9.17) is 9.84 Å². The van der Waals surface area contributed by atoms with Crippen LogP contribution in [0.4, 0.5) is 0 Å². The summed E-state index contributed by atoms with van der Waals surface area (Å²) in [5.74, 6) is 1.54. The van der Waals surface area contributed by atoms with Gasteiger partial charge in [0.1, 0.15) is 5.75 Å². The highest BCUT2D eigenvalue weighted by Crippen LogP contribution is 2.27. The van der Waals surface area contributed by atoms with Crippen molar-refractivity contribution in [2.75, 3.05) is 13.2 Å². The first-order valence-corrected chi connectivity index (χ1v) is 7.26. The van der Waals surface area contributed by atoms with E-state index in [9.17, 15) is 0 Å². The molecule has 0 atom stereocenters. The van der Waals surface area contributed by atoms with E-state index < -0.39 is 0 Å². The van der Waals surface area contributed by atoms with Crippen molar-refractivity contribution < 1.29 is 9.84 Å². The second-order valence-corrected chi connectivity index (χ2v) is 4.99. The number of aliphatic hydroxyl groups is 1. The second-order valence-electron chi connectivity index (χ2n) is 4.99. The lowest BCUT2D eigenvalue weighted by atomic mass is 10.1. The Balaban J connectivity index is 2.18. The number of aliphatic hydroxyl groups excluding tert-OH is 1. The molecule has 1 aromatic carbocycles. The van der Waals surface area contributed by atoms with Gasteiger partial charge >= 0.3 is 0 Å².